The van der Waals surface area contributed by atoms with Gasteiger partial charge in [0.1, 0.15) is 5.75 Å². The molecule has 6 nitrogen and oxygen atoms in total. The number of anilines is 1. The molecule has 1 aliphatic rings. The van der Waals surface area contributed by atoms with E-state index in [2.05, 4.69) is 5.32 Å². The predicted octanol–water partition coefficient (Wildman–Crippen LogP) is 3.43. The Morgan fingerprint density at radius 1 is 1.18 bits per heavy atom. The molecule has 0 radical (unpaired) electrons. The quantitative estimate of drug-likeness (QED) is 0.803. The molecule has 1 fully saturated rings. The van der Waals surface area contributed by atoms with Crippen LogP contribution in [0, 0.1) is 12.8 Å². The van der Waals surface area contributed by atoms with Crippen LogP contribution in [0.5, 0.6) is 5.75 Å². The van der Waals surface area contributed by atoms with Crippen molar-refractivity contribution in [3.05, 3.63) is 54.1 Å². The molecule has 7 heteroatoms. The summed E-state index contributed by atoms with van der Waals surface area (Å²) in [4.78, 5) is 13.1. The number of piperidine rings is 1. The number of benzene rings is 2. The smallest absolute Gasteiger partial charge is 0.243 e. The van der Waals surface area contributed by atoms with Crippen molar-refractivity contribution in [1.29, 1.82) is 0 Å². The first-order valence-electron chi connectivity index (χ1n) is 9.51. The van der Waals surface area contributed by atoms with Crippen molar-refractivity contribution in [2.45, 2.75) is 31.6 Å². The molecule has 28 heavy (non-hydrogen) atoms. The standard InChI is InChI=1S/C21H26N2O4S/c1-3-27-20-9-5-4-8-19(20)22-21(24)17-7-6-14-23(15-17)28(25,26)18-12-10-16(2)11-13-18/h4-5,8-13,17H,3,6-7,14-15H2,1-2H3,(H,22,24)/t17-/m0/s1. The highest BCUT2D eigenvalue weighted by Crippen LogP contribution is 2.28. The van der Waals surface area contributed by atoms with Crippen LogP contribution in [0.1, 0.15) is 25.3 Å². The molecule has 1 saturated heterocycles. The lowest BCUT2D eigenvalue weighted by molar-refractivity contribution is -0.120. The Kier molecular flexibility index (Phi) is 6.36. The zero-order valence-corrected chi connectivity index (χ0v) is 17.0. The molecule has 0 aliphatic carbocycles. The summed E-state index contributed by atoms with van der Waals surface area (Å²) >= 11 is 0. The number of rotatable bonds is 6. The van der Waals surface area contributed by atoms with Gasteiger partial charge in [0.05, 0.1) is 23.1 Å². The molecule has 1 aliphatic heterocycles. The van der Waals surface area contributed by atoms with Crippen LogP contribution in [-0.2, 0) is 14.8 Å². The topological polar surface area (TPSA) is 75.7 Å². The van der Waals surface area contributed by atoms with E-state index in [4.69, 9.17) is 4.74 Å². The molecule has 0 unspecified atom stereocenters. The van der Waals surface area contributed by atoms with Gasteiger partial charge in [-0.3, -0.25) is 4.79 Å². The Hall–Kier alpha value is -2.38. The molecule has 0 bridgehead atoms. The Labute approximate surface area is 166 Å². The Bertz CT molecular complexity index is 926. The molecule has 150 valence electrons. The lowest BCUT2D eigenvalue weighted by Crippen LogP contribution is -2.43. The van der Waals surface area contributed by atoms with E-state index in [-0.39, 0.29) is 17.3 Å². The van der Waals surface area contributed by atoms with Gasteiger partial charge in [0.2, 0.25) is 15.9 Å². The van der Waals surface area contributed by atoms with E-state index in [0.29, 0.717) is 37.4 Å². The molecule has 2 aromatic carbocycles. The highest BCUT2D eigenvalue weighted by Gasteiger charge is 2.33. The second-order valence-corrected chi connectivity index (χ2v) is 8.87. The van der Waals surface area contributed by atoms with Gasteiger partial charge in [0.25, 0.3) is 0 Å². The zero-order chi connectivity index (χ0) is 20.1. The van der Waals surface area contributed by atoms with Gasteiger partial charge in [-0.2, -0.15) is 4.31 Å². The average molecular weight is 403 g/mol. The third kappa shape index (κ3) is 4.54. The third-order valence-electron chi connectivity index (χ3n) is 4.86. The summed E-state index contributed by atoms with van der Waals surface area (Å²) in [5.74, 6) is 0.0258. The predicted molar refractivity (Wildman–Crippen MR) is 109 cm³/mol. The first-order chi connectivity index (χ1) is 13.4. The normalized spacial score (nSPS) is 17.9. The summed E-state index contributed by atoms with van der Waals surface area (Å²) in [6.45, 7) is 4.90. The molecule has 2 aromatic rings. The second kappa shape index (κ2) is 8.75. The highest BCUT2D eigenvalue weighted by atomic mass is 32.2. The van der Waals surface area contributed by atoms with Crippen LogP contribution >= 0.6 is 0 Å². The number of nitrogens with zero attached hydrogens (tertiary/aromatic N) is 1. The number of carbonyl (C=O) groups is 1. The molecule has 1 heterocycles. The van der Waals surface area contributed by atoms with Gasteiger partial charge < -0.3 is 10.1 Å². The maximum atomic E-state index is 12.9. The first-order valence-corrected chi connectivity index (χ1v) is 11.0. The Morgan fingerprint density at radius 2 is 1.89 bits per heavy atom. The lowest BCUT2D eigenvalue weighted by atomic mass is 9.98. The highest BCUT2D eigenvalue weighted by molar-refractivity contribution is 7.89. The van der Waals surface area contributed by atoms with Crippen LogP contribution in [0.3, 0.4) is 0 Å². The van der Waals surface area contributed by atoms with Gasteiger partial charge in [-0.05, 0) is 51.0 Å². The third-order valence-corrected chi connectivity index (χ3v) is 6.74. The summed E-state index contributed by atoms with van der Waals surface area (Å²) in [7, 11) is -3.61. The van der Waals surface area contributed by atoms with E-state index in [9.17, 15) is 13.2 Å². The average Bonchev–Trinajstić information content (AvgIpc) is 2.70. The van der Waals surface area contributed by atoms with E-state index in [1.807, 2.05) is 26.0 Å². The summed E-state index contributed by atoms with van der Waals surface area (Å²) in [5, 5.41) is 2.90. The van der Waals surface area contributed by atoms with Crippen molar-refractivity contribution in [3.8, 4) is 5.75 Å². The molecule has 3 rings (SSSR count). The van der Waals surface area contributed by atoms with Crippen molar-refractivity contribution in [1.82, 2.24) is 4.31 Å². The summed E-state index contributed by atoms with van der Waals surface area (Å²) in [6, 6.07) is 14.1. The number of hydrogen-bond donors (Lipinski definition) is 1. The summed E-state index contributed by atoms with van der Waals surface area (Å²) in [5.41, 5.74) is 1.61. The molecule has 0 aromatic heterocycles. The molecule has 0 spiro atoms. The van der Waals surface area contributed by atoms with Crippen molar-refractivity contribution >= 4 is 21.6 Å². The van der Waals surface area contributed by atoms with Gasteiger partial charge >= 0.3 is 0 Å². The minimum absolute atomic E-state index is 0.179. The molecule has 0 saturated carbocycles. The van der Waals surface area contributed by atoms with Crippen LogP contribution in [0.2, 0.25) is 0 Å². The molecular formula is C21H26N2O4S. The van der Waals surface area contributed by atoms with Crippen molar-refractivity contribution < 1.29 is 17.9 Å². The van der Waals surface area contributed by atoms with Crippen LogP contribution in [0.15, 0.2) is 53.4 Å². The van der Waals surface area contributed by atoms with E-state index < -0.39 is 15.9 Å². The SMILES string of the molecule is CCOc1ccccc1NC(=O)[C@H]1CCCN(S(=O)(=O)c2ccc(C)cc2)C1. The monoisotopic (exact) mass is 402 g/mol. The maximum absolute atomic E-state index is 12.9. The van der Waals surface area contributed by atoms with Gasteiger partial charge in [-0.15, -0.1) is 0 Å². The summed E-state index contributed by atoms with van der Waals surface area (Å²) in [6.07, 6.45) is 1.30. The first kappa shape index (κ1) is 20.4. The number of amides is 1. The van der Waals surface area contributed by atoms with E-state index in [1.54, 1.807) is 36.4 Å². The van der Waals surface area contributed by atoms with E-state index in [0.717, 1.165) is 5.56 Å². The second-order valence-electron chi connectivity index (χ2n) is 6.93. The number of aryl methyl sites for hydroxylation is 1. The van der Waals surface area contributed by atoms with E-state index in [1.165, 1.54) is 4.31 Å². The lowest BCUT2D eigenvalue weighted by Gasteiger charge is -2.31. The number of ether oxygens (including phenoxy) is 1. The van der Waals surface area contributed by atoms with Gasteiger partial charge in [0, 0.05) is 13.1 Å². The van der Waals surface area contributed by atoms with Crippen molar-refractivity contribution in [3.63, 3.8) is 0 Å². The maximum Gasteiger partial charge on any atom is 0.243 e. The van der Waals surface area contributed by atoms with Crippen LogP contribution in [0.25, 0.3) is 0 Å². The van der Waals surface area contributed by atoms with Crippen LogP contribution < -0.4 is 10.1 Å². The zero-order valence-electron chi connectivity index (χ0n) is 16.2. The number of nitrogens with one attached hydrogen (secondary N) is 1. The van der Waals surface area contributed by atoms with Crippen LogP contribution in [-0.4, -0.2) is 38.3 Å². The van der Waals surface area contributed by atoms with Gasteiger partial charge in [0.15, 0.2) is 0 Å². The summed E-state index contributed by atoms with van der Waals surface area (Å²) < 4.78 is 32.8. The van der Waals surface area contributed by atoms with E-state index >= 15 is 0 Å². The number of hydrogen-bond acceptors (Lipinski definition) is 4. The molecule has 1 atom stereocenters. The van der Waals surface area contributed by atoms with Crippen LogP contribution in [0.4, 0.5) is 5.69 Å². The minimum atomic E-state index is -3.61. The van der Waals surface area contributed by atoms with Crippen molar-refractivity contribution in [2.24, 2.45) is 5.92 Å². The Balaban J connectivity index is 1.72. The fourth-order valence-corrected chi connectivity index (χ4v) is 4.84. The van der Waals surface area contributed by atoms with Crippen molar-refractivity contribution in [2.75, 3.05) is 25.0 Å². The fraction of sp³-hybridized carbons (Fsp3) is 0.381. The van der Waals surface area contributed by atoms with Gasteiger partial charge in [-0.1, -0.05) is 29.8 Å². The minimum Gasteiger partial charge on any atom is -0.492 e. The number of carbonyl (C=O) groups excluding carboxylic acids is 1. The molecule has 1 N–H and O–H groups in total. The number of para-hydroxylation sites is 2. The number of sulfonamides is 1. The fourth-order valence-electron chi connectivity index (χ4n) is 3.32. The largest absolute Gasteiger partial charge is 0.492 e. The van der Waals surface area contributed by atoms with Gasteiger partial charge in [-0.25, -0.2) is 8.42 Å². The molecule has 1 amide bonds. The Morgan fingerprint density at radius 3 is 2.61 bits per heavy atom. The molecular weight excluding hydrogens is 376 g/mol.